The molecule has 1 saturated heterocycles. The molecule has 0 bridgehead atoms. The van der Waals surface area contributed by atoms with Crippen molar-refractivity contribution in [1.82, 2.24) is 9.80 Å². The van der Waals surface area contributed by atoms with Gasteiger partial charge in [0, 0.05) is 13.6 Å². The van der Waals surface area contributed by atoms with Crippen molar-refractivity contribution in [2.75, 3.05) is 13.6 Å². The number of amides is 3. The van der Waals surface area contributed by atoms with Gasteiger partial charge in [-0.15, -0.1) is 0 Å². The van der Waals surface area contributed by atoms with Crippen LogP contribution < -0.4 is 5.73 Å². The molecule has 1 fully saturated rings. The first-order valence-corrected chi connectivity index (χ1v) is 6.14. The Morgan fingerprint density at radius 3 is 2.70 bits per heavy atom. The van der Waals surface area contributed by atoms with Gasteiger partial charge in [-0.05, 0) is 11.6 Å². The zero-order valence-corrected chi connectivity index (χ0v) is 11.3. The van der Waals surface area contributed by atoms with E-state index in [9.17, 15) is 18.4 Å². The van der Waals surface area contributed by atoms with E-state index in [-0.39, 0.29) is 23.7 Å². The van der Waals surface area contributed by atoms with Crippen LogP contribution in [0.2, 0.25) is 5.02 Å². The van der Waals surface area contributed by atoms with Gasteiger partial charge >= 0.3 is 6.03 Å². The molecule has 2 rings (SSSR count). The molecule has 3 amide bonds. The second-order valence-corrected chi connectivity index (χ2v) is 4.90. The van der Waals surface area contributed by atoms with Crippen LogP contribution in [0.25, 0.3) is 0 Å². The summed E-state index contributed by atoms with van der Waals surface area (Å²) in [6.07, 6.45) is 0. The summed E-state index contributed by atoms with van der Waals surface area (Å²) in [7, 11) is 1.45. The Morgan fingerprint density at radius 1 is 1.50 bits per heavy atom. The first-order valence-electron chi connectivity index (χ1n) is 5.76. The minimum absolute atomic E-state index is 0.0248. The lowest BCUT2D eigenvalue weighted by Crippen LogP contribution is -2.40. The van der Waals surface area contributed by atoms with E-state index < -0.39 is 29.6 Å². The number of halogens is 3. The van der Waals surface area contributed by atoms with Crippen molar-refractivity contribution in [3.8, 4) is 0 Å². The van der Waals surface area contributed by atoms with Crippen LogP contribution in [-0.4, -0.2) is 41.4 Å². The first-order chi connectivity index (χ1) is 9.32. The SMILES string of the molecule is CN1C(=O)N(Cc2ccc(F)c(F)c2Cl)CC1C(N)=O. The number of nitrogens with zero attached hydrogens (tertiary/aromatic N) is 2. The van der Waals surface area contributed by atoms with Crippen LogP contribution in [-0.2, 0) is 11.3 Å². The zero-order chi connectivity index (χ0) is 15.0. The maximum Gasteiger partial charge on any atom is 0.320 e. The lowest BCUT2D eigenvalue weighted by atomic mass is 10.2. The Bertz CT molecular complexity index is 582. The van der Waals surface area contributed by atoms with E-state index in [4.69, 9.17) is 17.3 Å². The van der Waals surface area contributed by atoms with Crippen LogP contribution in [0.1, 0.15) is 5.56 Å². The van der Waals surface area contributed by atoms with Crippen LogP contribution in [0.3, 0.4) is 0 Å². The van der Waals surface area contributed by atoms with Crippen molar-refractivity contribution in [1.29, 1.82) is 0 Å². The summed E-state index contributed by atoms with van der Waals surface area (Å²) in [6.45, 7) is 0.0585. The number of primary amides is 1. The van der Waals surface area contributed by atoms with E-state index in [1.165, 1.54) is 22.9 Å². The predicted molar refractivity (Wildman–Crippen MR) is 67.9 cm³/mol. The molecule has 2 N–H and O–H groups in total. The number of carbonyl (C=O) groups excluding carboxylic acids is 2. The fraction of sp³-hybridized carbons (Fsp3) is 0.333. The number of carbonyl (C=O) groups is 2. The van der Waals surface area contributed by atoms with Gasteiger partial charge in [0.2, 0.25) is 5.91 Å². The first kappa shape index (κ1) is 14.5. The fourth-order valence-corrected chi connectivity index (χ4v) is 2.29. The number of urea groups is 1. The molecule has 8 heteroatoms. The molecule has 0 radical (unpaired) electrons. The van der Waals surface area contributed by atoms with Gasteiger partial charge in [-0.3, -0.25) is 4.79 Å². The van der Waals surface area contributed by atoms with Gasteiger partial charge in [0.15, 0.2) is 11.6 Å². The largest absolute Gasteiger partial charge is 0.368 e. The van der Waals surface area contributed by atoms with Gasteiger partial charge in [0.25, 0.3) is 0 Å². The number of nitrogens with two attached hydrogens (primary N) is 1. The second kappa shape index (κ2) is 5.24. The molecule has 1 aromatic rings. The smallest absolute Gasteiger partial charge is 0.320 e. The summed E-state index contributed by atoms with van der Waals surface area (Å²) in [5.41, 5.74) is 5.45. The van der Waals surface area contributed by atoms with Crippen LogP contribution in [0.5, 0.6) is 0 Å². The van der Waals surface area contributed by atoms with Crippen LogP contribution in [0, 0.1) is 11.6 Å². The fourth-order valence-electron chi connectivity index (χ4n) is 2.07. The average Bonchev–Trinajstić information content (AvgIpc) is 2.68. The number of hydrogen-bond donors (Lipinski definition) is 1. The third-order valence-corrected chi connectivity index (χ3v) is 3.65. The highest BCUT2D eigenvalue weighted by molar-refractivity contribution is 6.31. The van der Waals surface area contributed by atoms with E-state index in [2.05, 4.69) is 0 Å². The molecule has 1 aromatic carbocycles. The van der Waals surface area contributed by atoms with Crippen LogP contribution in [0.15, 0.2) is 12.1 Å². The van der Waals surface area contributed by atoms with E-state index in [0.717, 1.165) is 6.07 Å². The normalized spacial score (nSPS) is 18.8. The summed E-state index contributed by atoms with van der Waals surface area (Å²) in [5.74, 6) is -2.84. The molecular formula is C12H12ClF2N3O2. The van der Waals surface area contributed by atoms with Crippen molar-refractivity contribution in [2.24, 2.45) is 5.73 Å². The molecule has 1 aliphatic heterocycles. The summed E-state index contributed by atoms with van der Waals surface area (Å²) in [5, 5.41) is -0.372. The molecule has 20 heavy (non-hydrogen) atoms. The van der Waals surface area contributed by atoms with E-state index >= 15 is 0 Å². The minimum atomic E-state index is -1.16. The maximum atomic E-state index is 13.3. The summed E-state index contributed by atoms with van der Waals surface area (Å²) in [6, 6.07) is 1.07. The van der Waals surface area contributed by atoms with E-state index in [1.54, 1.807) is 0 Å². The van der Waals surface area contributed by atoms with Crippen molar-refractivity contribution >= 4 is 23.5 Å². The molecule has 1 aliphatic rings. The minimum Gasteiger partial charge on any atom is -0.368 e. The van der Waals surface area contributed by atoms with Gasteiger partial charge < -0.3 is 15.5 Å². The molecule has 0 aliphatic carbocycles. The molecule has 0 spiro atoms. The molecule has 1 atom stereocenters. The topological polar surface area (TPSA) is 66.6 Å². The summed E-state index contributed by atoms with van der Waals surface area (Å²) >= 11 is 5.70. The zero-order valence-electron chi connectivity index (χ0n) is 10.6. The third kappa shape index (κ3) is 2.40. The molecular weight excluding hydrogens is 292 g/mol. The van der Waals surface area contributed by atoms with Crippen molar-refractivity contribution in [3.63, 3.8) is 0 Å². The molecule has 108 valence electrons. The highest BCUT2D eigenvalue weighted by Crippen LogP contribution is 2.25. The lowest BCUT2D eigenvalue weighted by Gasteiger charge is -2.16. The van der Waals surface area contributed by atoms with E-state index in [0.29, 0.717) is 0 Å². The Hall–Kier alpha value is -1.89. The van der Waals surface area contributed by atoms with Gasteiger partial charge in [0.05, 0.1) is 11.6 Å². The number of hydrogen-bond acceptors (Lipinski definition) is 2. The molecule has 1 unspecified atom stereocenters. The number of likely N-dealkylation sites (N-methyl/N-ethyl adjacent to an activating group) is 1. The lowest BCUT2D eigenvalue weighted by molar-refractivity contribution is -0.121. The molecule has 1 heterocycles. The van der Waals surface area contributed by atoms with E-state index in [1.807, 2.05) is 0 Å². The maximum absolute atomic E-state index is 13.3. The summed E-state index contributed by atoms with van der Waals surface area (Å²) < 4.78 is 26.3. The van der Waals surface area contributed by atoms with Gasteiger partial charge in [-0.25, -0.2) is 13.6 Å². The van der Waals surface area contributed by atoms with Crippen molar-refractivity contribution < 1.29 is 18.4 Å². The molecule has 5 nitrogen and oxygen atoms in total. The summed E-state index contributed by atoms with van der Waals surface area (Å²) in [4.78, 5) is 25.6. The Labute approximate surface area is 118 Å². The van der Waals surface area contributed by atoms with Crippen LogP contribution >= 0.6 is 11.6 Å². The number of benzene rings is 1. The quantitative estimate of drug-likeness (QED) is 0.856. The number of rotatable bonds is 3. The second-order valence-electron chi connectivity index (χ2n) is 4.53. The Balaban J connectivity index is 2.21. The van der Waals surface area contributed by atoms with Crippen molar-refractivity contribution in [2.45, 2.75) is 12.6 Å². The molecule has 0 aromatic heterocycles. The van der Waals surface area contributed by atoms with Gasteiger partial charge in [0.1, 0.15) is 6.04 Å². The third-order valence-electron chi connectivity index (χ3n) is 3.24. The van der Waals surface area contributed by atoms with Gasteiger partial charge in [-0.2, -0.15) is 0 Å². The standard InChI is InChI=1S/C12H12ClF2N3O2/c1-17-8(11(16)19)5-18(12(17)20)4-6-2-3-7(14)10(15)9(6)13/h2-3,8H,4-5H2,1H3,(H2,16,19). The van der Waals surface area contributed by atoms with Crippen LogP contribution in [0.4, 0.5) is 13.6 Å². The molecule has 0 saturated carbocycles. The monoisotopic (exact) mass is 303 g/mol. The predicted octanol–water partition coefficient (Wildman–Crippen LogP) is 1.34. The highest BCUT2D eigenvalue weighted by Gasteiger charge is 2.38. The van der Waals surface area contributed by atoms with Crippen molar-refractivity contribution in [3.05, 3.63) is 34.4 Å². The van der Waals surface area contributed by atoms with Gasteiger partial charge in [-0.1, -0.05) is 17.7 Å². The Kier molecular flexibility index (Phi) is 3.80. The highest BCUT2D eigenvalue weighted by atomic mass is 35.5. The average molecular weight is 304 g/mol. The Morgan fingerprint density at radius 2 is 2.15 bits per heavy atom.